The number of aliphatic hydroxyl groups is 3. The van der Waals surface area contributed by atoms with E-state index in [-0.39, 0.29) is 19.1 Å². The predicted octanol–water partition coefficient (Wildman–Crippen LogP) is 2.43. The molecule has 1 aliphatic rings. The standard InChI is InChI=1S/C33H40N2O7/c1-21(2)18-34-32(39)30(41-19-22-11-5-3-6-12-22)28(37)29(38)31(42-20-23-13-7-4-8-14-23)33(40)35-27-25-16-10-9-15-24(25)17-26(27)36/h3-16,21,26-31,36-38H,17-20H2,1-2H3,(H,34,39)(H,35,40)/t26-,27+,28-,29-,30-,31-/m1/s1. The van der Waals surface area contributed by atoms with Crippen molar-refractivity contribution in [2.24, 2.45) is 5.92 Å². The SMILES string of the molecule is CC(C)CNC(=O)[C@H](OCc1ccccc1)[C@H](O)[C@@H](O)[C@@H](OCc1ccccc1)C(=O)N[C@H]1c2ccccc2C[C@H]1O. The van der Waals surface area contributed by atoms with Gasteiger partial charge in [-0.3, -0.25) is 9.59 Å². The van der Waals surface area contributed by atoms with E-state index in [0.29, 0.717) is 13.0 Å². The van der Waals surface area contributed by atoms with E-state index in [0.717, 1.165) is 22.3 Å². The third-order valence-electron chi connectivity index (χ3n) is 7.22. The number of aliphatic hydroxyl groups excluding tert-OH is 3. The van der Waals surface area contributed by atoms with Crippen molar-refractivity contribution in [1.29, 1.82) is 0 Å². The van der Waals surface area contributed by atoms with Crippen LogP contribution in [0.1, 0.15) is 42.1 Å². The Morgan fingerprint density at radius 3 is 1.83 bits per heavy atom. The van der Waals surface area contributed by atoms with Crippen LogP contribution < -0.4 is 10.6 Å². The van der Waals surface area contributed by atoms with Crippen LogP contribution in [0.2, 0.25) is 0 Å². The summed E-state index contributed by atoms with van der Waals surface area (Å²) < 4.78 is 11.8. The highest BCUT2D eigenvalue weighted by Gasteiger charge is 2.42. The number of carbonyl (C=O) groups is 2. The van der Waals surface area contributed by atoms with Crippen LogP contribution in [-0.4, -0.2) is 64.2 Å². The zero-order valence-electron chi connectivity index (χ0n) is 23.9. The lowest BCUT2D eigenvalue weighted by atomic mass is 10.00. The Hall–Kier alpha value is -3.60. The average molecular weight is 577 g/mol. The molecule has 3 aromatic carbocycles. The van der Waals surface area contributed by atoms with Crippen LogP contribution in [0, 0.1) is 5.92 Å². The molecule has 9 nitrogen and oxygen atoms in total. The molecule has 0 aromatic heterocycles. The third kappa shape index (κ3) is 8.24. The normalized spacial score (nSPS) is 19.0. The van der Waals surface area contributed by atoms with Crippen LogP contribution in [-0.2, 0) is 38.7 Å². The molecule has 0 radical (unpaired) electrons. The minimum atomic E-state index is -1.84. The van der Waals surface area contributed by atoms with Crippen molar-refractivity contribution in [3.63, 3.8) is 0 Å². The number of benzene rings is 3. The van der Waals surface area contributed by atoms with Gasteiger partial charge in [0.15, 0.2) is 12.2 Å². The summed E-state index contributed by atoms with van der Waals surface area (Å²) in [6.45, 7) is 4.15. The van der Waals surface area contributed by atoms with Crippen molar-refractivity contribution in [2.45, 2.75) is 70.0 Å². The van der Waals surface area contributed by atoms with Crippen molar-refractivity contribution >= 4 is 11.8 Å². The van der Waals surface area contributed by atoms with E-state index in [1.807, 2.05) is 86.6 Å². The summed E-state index contributed by atoms with van der Waals surface area (Å²) in [6.07, 6.45) is -7.23. The number of carbonyl (C=O) groups excluding carboxylic acids is 2. The summed E-state index contributed by atoms with van der Waals surface area (Å²) in [5.74, 6) is -1.21. The zero-order valence-corrected chi connectivity index (χ0v) is 23.9. The Labute approximate surface area is 246 Å². The molecule has 6 atom stereocenters. The quantitative estimate of drug-likeness (QED) is 0.199. The molecular formula is C33H40N2O7. The van der Waals surface area contributed by atoms with Crippen molar-refractivity contribution in [2.75, 3.05) is 6.54 Å². The fourth-order valence-corrected chi connectivity index (χ4v) is 4.93. The monoisotopic (exact) mass is 576 g/mol. The van der Waals surface area contributed by atoms with Crippen molar-refractivity contribution in [1.82, 2.24) is 10.6 Å². The van der Waals surface area contributed by atoms with E-state index < -0.39 is 48.4 Å². The summed E-state index contributed by atoms with van der Waals surface area (Å²) in [6, 6.07) is 24.9. The van der Waals surface area contributed by atoms with Crippen LogP contribution in [0.25, 0.3) is 0 Å². The molecule has 3 aromatic rings. The predicted molar refractivity (Wildman–Crippen MR) is 157 cm³/mol. The maximum absolute atomic E-state index is 13.6. The van der Waals surface area contributed by atoms with Gasteiger partial charge in [-0.15, -0.1) is 0 Å². The second-order valence-electron chi connectivity index (χ2n) is 11.0. The van der Waals surface area contributed by atoms with Gasteiger partial charge >= 0.3 is 0 Å². The number of fused-ring (bicyclic) bond motifs is 1. The Morgan fingerprint density at radius 2 is 1.29 bits per heavy atom. The molecule has 0 spiro atoms. The Morgan fingerprint density at radius 1 is 0.786 bits per heavy atom. The van der Waals surface area contributed by atoms with Gasteiger partial charge in [0.2, 0.25) is 0 Å². The van der Waals surface area contributed by atoms with Crippen LogP contribution in [0.4, 0.5) is 0 Å². The fourth-order valence-electron chi connectivity index (χ4n) is 4.93. The fraction of sp³-hybridized carbons (Fsp3) is 0.394. The molecule has 0 fully saturated rings. The molecule has 1 aliphatic carbocycles. The van der Waals surface area contributed by atoms with Gasteiger partial charge in [0, 0.05) is 13.0 Å². The molecule has 42 heavy (non-hydrogen) atoms. The Bertz CT molecular complexity index is 1290. The van der Waals surface area contributed by atoms with Gasteiger partial charge in [0.05, 0.1) is 25.4 Å². The number of hydrogen-bond donors (Lipinski definition) is 5. The second kappa shape index (κ2) is 15.0. The summed E-state index contributed by atoms with van der Waals surface area (Å²) in [5, 5.41) is 39.0. The first kappa shape index (κ1) is 31.3. The smallest absolute Gasteiger partial charge is 0.252 e. The minimum absolute atomic E-state index is 0.00281. The van der Waals surface area contributed by atoms with E-state index >= 15 is 0 Å². The maximum atomic E-state index is 13.6. The molecule has 9 heteroatoms. The highest BCUT2D eigenvalue weighted by Crippen LogP contribution is 2.31. The number of amides is 2. The van der Waals surface area contributed by atoms with Gasteiger partial charge in [0.25, 0.3) is 11.8 Å². The lowest BCUT2D eigenvalue weighted by Gasteiger charge is -2.31. The summed E-state index contributed by atoms with van der Waals surface area (Å²) in [5.41, 5.74) is 3.19. The van der Waals surface area contributed by atoms with Crippen molar-refractivity contribution in [3.8, 4) is 0 Å². The topological polar surface area (TPSA) is 137 Å². The lowest BCUT2D eigenvalue weighted by Crippen LogP contribution is -2.56. The zero-order chi connectivity index (χ0) is 30.1. The molecule has 224 valence electrons. The molecule has 0 aliphatic heterocycles. The first-order valence-corrected chi connectivity index (χ1v) is 14.3. The van der Waals surface area contributed by atoms with Gasteiger partial charge < -0.3 is 35.4 Å². The van der Waals surface area contributed by atoms with Crippen LogP contribution in [0.5, 0.6) is 0 Å². The highest BCUT2D eigenvalue weighted by molar-refractivity contribution is 5.84. The van der Waals surface area contributed by atoms with Gasteiger partial charge in [-0.05, 0) is 28.2 Å². The van der Waals surface area contributed by atoms with E-state index in [1.165, 1.54) is 0 Å². The highest BCUT2D eigenvalue weighted by atomic mass is 16.5. The van der Waals surface area contributed by atoms with Gasteiger partial charge in [-0.2, -0.15) is 0 Å². The number of rotatable bonds is 14. The molecule has 2 amide bonds. The Kier molecular flexibility index (Phi) is 11.2. The first-order valence-electron chi connectivity index (χ1n) is 14.3. The first-order chi connectivity index (χ1) is 20.2. The van der Waals surface area contributed by atoms with Crippen LogP contribution >= 0.6 is 0 Å². The molecule has 0 heterocycles. The van der Waals surface area contributed by atoms with Crippen LogP contribution in [0.15, 0.2) is 84.9 Å². The van der Waals surface area contributed by atoms with Gasteiger partial charge in [-0.25, -0.2) is 0 Å². The largest absolute Gasteiger partial charge is 0.390 e. The lowest BCUT2D eigenvalue weighted by molar-refractivity contribution is -0.171. The summed E-state index contributed by atoms with van der Waals surface area (Å²) >= 11 is 0. The van der Waals surface area contributed by atoms with E-state index in [1.54, 1.807) is 12.1 Å². The molecule has 0 bridgehead atoms. The van der Waals surface area contributed by atoms with Crippen molar-refractivity contribution in [3.05, 3.63) is 107 Å². The molecule has 0 saturated carbocycles. The maximum Gasteiger partial charge on any atom is 0.252 e. The van der Waals surface area contributed by atoms with E-state index in [2.05, 4.69) is 10.6 Å². The van der Waals surface area contributed by atoms with Gasteiger partial charge in [-0.1, -0.05) is 98.8 Å². The van der Waals surface area contributed by atoms with Crippen molar-refractivity contribution < 1.29 is 34.4 Å². The van der Waals surface area contributed by atoms with Gasteiger partial charge in [0.1, 0.15) is 12.2 Å². The second-order valence-corrected chi connectivity index (χ2v) is 11.0. The molecule has 4 rings (SSSR count). The van der Waals surface area contributed by atoms with E-state index in [9.17, 15) is 24.9 Å². The average Bonchev–Trinajstić information content (AvgIpc) is 3.31. The van der Waals surface area contributed by atoms with E-state index in [4.69, 9.17) is 9.47 Å². The summed E-state index contributed by atoms with van der Waals surface area (Å²) in [7, 11) is 0. The molecule has 5 N–H and O–H groups in total. The third-order valence-corrected chi connectivity index (χ3v) is 7.22. The number of hydrogen-bond acceptors (Lipinski definition) is 7. The number of nitrogens with one attached hydrogen (secondary N) is 2. The summed E-state index contributed by atoms with van der Waals surface area (Å²) in [4.78, 5) is 26.8. The molecule has 0 unspecified atom stereocenters. The minimum Gasteiger partial charge on any atom is -0.390 e. The molecular weight excluding hydrogens is 536 g/mol. The van der Waals surface area contributed by atoms with Crippen LogP contribution in [0.3, 0.4) is 0 Å². The Balaban J connectivity index is 1.55. The number of ether oxygens (including phenoxy) is 2. The molecule has 0 saturated heterocycles.